The molecule has 2 aromatic carbocycles. The van der Waals surface area contributed by atoms with Gasteiger partial charge in [-0.2, -0.15) is 0 Å². The van der Waals surface area contributed by atoms with Crippen molar-refractivity contribution in [1.82, 2.24) is 4.90 Å². The van der Waals surface area contributed by atoms with E-state index in [-0.39, 0.29) is 18.4 Å². The standard InChI is InChI=1S/C19H24N2O3S.ClH/c1-25(22,23)17-9-7-16(8-10-17)24-12-11-21-13-18(19(20)14-21)15-5-3-2-4-6-15;/h2-10,18-19H,11-14,20H2,1H3;1H/t18-,19+;/m0./s1. The van der Waals surface area contributed by atoms with E-state index in [0.717, 1.165) is 19.6 Å². The van der Waals surface area contributed by atoms with E-state index in [4.69, 9.17) is 10.5 Å². The van der Waals surface area contributed by atoms with Gasteiger partial charge in [0.1, 0.15) is 12.4 Å². The molecule has 5 nitrogen and oxygen atoms in total. The van der Waals surface area contributed by atoms with E-state index >= 15 is 0 Å². The summed E-state index contributed by atoms with van der Waals surface area (Å²) in [6, 6.07) is 17.0. The van der Waals surface area contributed by atoms with Gasteiger partial charge in [-0.3, -0.25) is 4.90 Å². The maximum absolute atomic E-state index is 11.5. The molecule has 0 spiro atoms. The van der Waals surface area contributed by atoms with E-state index in [1.807, 2.05) is 18.2 Å². The molecule has 1 heterocycles. The van der Waals surface area contributed by atoms with E-state index in [1.54, 1.807) is 24.3 Å². The highest BCUT2D eigenvalue weighted by Gasteiger charge is 2.30. The van der Waals surface area contributed by atoms with Crippen molar-refractivity contribution >= 4 is 22.2 Å². The fourth-order valence-electron chi connectivity index (χ4n) is 3.22. The van der Waals surface area contributed by atoms with Crippen LogP contribution in [0, 0.1) is 0 Å². The predicted octanol–water partition coefficient (Wildman–Crippen LogP) is 2.32. The third-order valence-corrected chi connectivity index (χ3v) is 5.73. The molecule has 0 aromatic heterocycles. The van der Waals surface area contributed by atoms with Crippen LogP contribution in [0.2, 0.25) is 0 Å². The molecule has 0 unspecified atom stereocenters. The smallest absolute Gasteiger partial charge is 0.175 e. The molecule has 3 rings (SSSR count). The lowest BCUT2D eigenvalue weighted by atomic mass is 9.95. The van der Waals surface area contributed by atoms with Crippen LogP contribution in [-0.2, 0) is 9.84 Å². The van der Waals surface area contributed by atoms with Gasteiger partial charge >= 0.3 is 0 Å². The number of rotatable bonds is 6. The van der Waals surface area contributed by atoms with E-state index in [0.29, 0.717) is 23.2 Å². The number of likely N-dealkylation sites (tertiary alicyclic amines) is 1. The summed E-state index contributed by atoms with van der Waals surface area (Å²) in [5, 5.41) is 0. The Hall–Kier alpha value is -1.60. The Morgan fingerprint density at radius 3 is 2.35 bits per heavy atom. The molecule has 0 bridgehead atoms. The molecule has 0 aliphatic carbocycles. The van der Waals surface area contributed by atoms with Crippen LogP contribution in [0.5, 0.6) is 5.75 Å². The summed E-state index contributed by atoms with van der Waals surface area (Å²) < 4.78 is 28.6. The molecule has 0 radical (unpaired) electrons. The minimum Gasteiger partial charge on any atom is -0.492 e. The minimum absolute atomic E-state index is 0. The normalized spacial score (nSPS) is 20.5. The summed E-state index contributed by atoms with van der Waals surface area (Å²) in [4.78, 5) is 2.61. The number of sulfone groups is 1. The average molecular weight is 397 g/mol. The molecule has 0 amide bonds. The van der Waals surface area contributed by atoms with Gasteiger partial charge in [-0.05, 0) is 29.8 Å². The van der Waals surface area contributed by atoms with Crippen molar-refractivity contribution in [3.63, 3.8) is 0 Å². The summed E-state index contributed by atoms with van der Waals surface area (Å²) in [5.74, 6) is 1.03. The zero-order chi connectivity index (χ0) is 17.9. The quantitative estimate of drug-likeness (QED) is 0.811. The van der Waals surface area contributed by atoms with Gasteiger partial charge in [0.25, 0.3) is 0 Å². The number of benzene rings is 2. The van der Waals surface area contributed by atoms with Crippen LogP contribution >= 0.6 is 12.4 Å². The van der Waals surface area contributed by atoms with Crippen molar-refractivity contribution in [2.75, 3.05) is 32.5 Å². The van der Waals surface area contributed by atoms with E-state index in [9.17, 15) is 8.42 Å². The largest absolute Gasteiger partial charge is 0.492 e. The first kappa shape index (κ1) is 20.7. The summed E-state index contributed by atoms with van der Waals surface area (Å²) in [5.41, 5.74) is 7.59. The van der Waals surface area contributed by atoms with Crippen LogP contribution in [-0.4, -0.2) is 51.9 Å². The van der Waals surface area contributed by atoms with Crippen LogP contribution < -0.4 is 10.5 Å². The first-order valence-electron chi connectivity index (χ1n) is 8.39. The lowest BCUT2D eigenvalue weighted by Crippen LogP contribution is -2.30. The Morgan fingerprint density at radius 2 is 1.73 bits per heavy atom. The topological polar surface area (TPSA) is 72.6 Å². The Kier molecular flexibility index (Phi) is 7.06. The van der Waals surface area contributed by atoms with E-state index in [2.05, 4.69) is 17.0 Å². The number of hydrogen-bond donors (Lipinski definition) is 1. The van der Waals surface area contributed by atoms with Gasteiger partial charge in [0.2, 0.25) is 0 Å². The first-order valence-corrected chi connectivity index (χ1v) is 10.3. The van der Waals surface area contributed by atoms with Crippen LogP contribution in [0.15, 0.2) is 59.5 Å². The molecule has 1 aliphatic heterocycles. The van der Waals surface area contributed by atoms with Gasteiger partial charge in [0, 0.05) is 37.8 Å². The number of nitrogens with zero attached hydrogens (tertiary/aromatic N) is 1. The van der Waals surface area contributed by atoms with Crippen molar-refractivity contribution in [1.29, 1.82) is 0 Å². The highest BCUT2D eigenvalue weighted by atomic mass is 35.5. The monoisotopic (exact) mass is 396 g/mol. The Bertz CT molecular complexity index is 797. The molecule has 1 fully saturated rings. The molecule has 0 saturated carbocycles. The zero-order valence-corrected chi connectivity index (χ0v) is 16.4. The van der Waals surface area contributed by atoms with Crippen LogP contribution in [0.1, 0.15) is 11.5 Å². The molecule has 142 valence electrons. The molecule has 26 heavy (non-hydrogen) atoms. The number of ether oxygens (including phenoxy) is 1. The average Bonchev–Trinajstić information content (AvgIpc) is 2.96. The zero-order valence-electron chi connectivity index (χ0n) is 14.7. The third-order valence-electron chi connectivity index (χ3n) is 4.60. The van der Waals surface area contributed by atoms with E-state index in [1.165, 1.54) is 11.8 Å². The van der Waals surface area contributed by atoms with Crippen molar-refractivity contribution in [2.45, 2.75) is 16.9 Å². The number of nitrogens with two attached hydrogens (primary N) is 1. The molecule has 1 saturated heterocycles. The Balaban J connectivity index is 0.00000243. The summed E-state index contributed by atoms with van der Waals surface area (Å²) in [6.45, 7) is 3.13. The van der Waals surface area contributed by atoms with Gasteiger partial charge < -0.3 is 10.5 Å². The van der Waals surface area contributed by atoms with E-state index < -0.39 is 9.84 Å². The highest BCUT2D eigenvalue weighted by molar-refractivity contribution is 7.90. The van der Waals surface area contributed by atoms with Crippen molar-refractivity contribution < 1.29 is 13.2 Å². The summed E-state index contributed by atoms with van der Waals surface area (Å²) in [6.07, 6.45) is 1.20. The second kappa shape index (κ2) is 8.86. The molecular formula is C19H25ClN2O3S. The van der Waals surface area contributed by atoms with Gasteiger partial charge in [0.15, 0.2) is 9.84 Å². The molecule has 1 aliphatic rings. The maximum atomic E-state index is 11.5. The third kappa shape index (κ3) is 5.20. The molecular weight excluding hydrogens is 372 g/mol. The van der Waals surface area contributed by atoms with Crippen LogP contribution in [0.3, 0.4) is 0 Å². The fourth-order valence-corrected chi connectivity index (χ4v) is 3.86. The SMILES string of the molecule is CS(=O)(=O)c1ccc(OCCN2C[C@@H](N)[C@H](c3ccccc3)C2)cc1.Cl. The predicted molar refractivity (Wildman–Crippen MR) is 106 cm³/mol. The van der Waals surface area contributed by atoms with Gasteiger partial charge in [-0.15, -0.1) is 12.4 Å². The van der Waals surface area contributed by atoms with Crippen molar-refractivity contribution in [3.8, 4) is 5.75 Å². The maximum Gasteiger partial charge on any atom is 0.175 e. The van der Waals surface area contributed by atoms with Gasteiger partial charge in [-0.25, -0.2) is 8.42 Å². The van der Waals surface area contributed by atoms with Gasteiger partial charge in [0.05, 0.1) is 4.90 Å². The van der Waals surface area contributed by atoms with Crippen LogP contribution in [0.4, 0.5) is 0 Å². The van der Waals surface area contributed by atoms with Gasteiger partial charge in [-0.1, -0.05) is 30.3 Å². The van der Waals surface area contributed by atoms with Crippen molar-refractivity contribution in [2.24, 2.45) is 5.73 Å². The summed E-state index contributed by atoms with van der Waals surface area (Å²) in [7, 11) is -3.17. The first-order chi connectivity index (χ1) is 11.9. The number of halogens is 1. The molecule has 7 heteroatoms. The van der Waals surface area contributed by atoms with Crippen LogP contribution in [0.25, 0.3) is 0 Å². The second-order valence-electron chi connectivity index (χ2n) is 6.53. The lowest BCUT2D eigenvalue weighted by Gasteiger charge is -2.16. The molecule has 2 N–H and O–H groups in total. The Morgan fingerprint density at radius 1 is 1.08 bits per heavy atom. The number of hydrogen-bond acceptors (Lipinski definition) is 5. The highest BCUT2D eigenvalue weighted by Crippen LogP contribution is 2.26. The second-order valence-corrected chi connectivity index (χ2v) is 8.55. The molecule has 2 atom stereocenters. The lowest BCUT2D eigenvalue weighted by molar-refractivity contribution is 0.235. The van der Waals surface area contributed by atoms with Crippen molar-refractivity contribution in [3.05, 3.63) is 60.2 Å². The minimum atomic E-state index is -3.17. The molecule has 2 aromatic rings. The summed E-state index contributed by atoms with van der Waals surface area (Å²) >= 11 is 0. The Labute approximate surface area is 161 Å². The fraction of sp³-hybridized carbons (Fsp3) is 0.368.